The van der Waals surface area contributed by atoms with Crippen molar-refractivity contribution < 1.29 is 28.5 Å². The van der Waals surface area contributed by atoms with E-state index in [4.69, 9.17) is 10.0 Å². The highest BCUT2D eigenvalue weighted by molar-refractivity contribution is 7.45. The Kier molecular flexibility index (Phi) is 12.8. The monoisotopic (exact) mass is 411 g/mol. The zero-order valence-electron chi connectivity index (χ0n) is 22.1. The van der Waals surface area contributed by atoms with Crippen molar-refractivity contribution in [2.45, 2.75) is 96.8 Å². The minimum Gasteiger partial charge on any atom is -0.756 e. The fraction of sp³-hybridized carbons (Fsp3) is 1.00. The number of phosphoric acid groups is 1. The highest BCUT2D eigenvalue weighted by Crippen LogP contribution is 2.38. The van der Waals surface area contributed by atoms with Crippen molar-refractivity contribution in [3.8, 4) is 0 Å². The molecule has 0 rings (SSSR count). The molecule has 1 unspecified atom stereocenters. The Morgan fingerprint density at radius 3 is 1.59 bits per heavy atom. The molecule has 0 heterocycles. The van der Waals surface area contributed by atoms with Crippen molar-refractivity contribution >= 4 is 7.82 Å². The van der Waals surface area contributed by atoms with Crippen LogP contribution in [0, 0.1) is 0 Å². The lowest BCUT2D eigenvalue weighted by molar-refractivity contribution is -0.870. The molecule has 0 aromatic heterocycles. The van der Waals surface area contributed by atoms with Gasteiger partial charge in [-0.15, -0.1) is 0 Å². The second-order valence-electron chi connectivity index (χ2n) is 8.19. The summed E-state index contributed by atoms with van der Waals surface area (Å²) in [4.78, 5) is 11.9. The van der Waals surface area contributed by atoms with Crippen LogP contribution in [0.3, 0.4) is 0 Å². The summed E-state index contributed by atoms with van der Waals surface area (Å²) < 4.78 is 51.9. The summed E-state index contributed by atoms with van der Waals surface area (Å²) in [5, 5.41) is 0. The molecule has 0 aliphatic rings. The van der Waals surface area contributed by atoms with E-state index in [1.54, 1.807) is 0 Å². The Balaban J connectivity index is 3.81. The van der Waals surface area contributed by atoms with Crippen molar-refractivity contribution in [2.75, 3.05) is 40.8 Å². The summed E-state index contributed by atoms with van der Waals surface area (Å²) in [6.07, 6.45) is 16.6. The first-order chi connectivity index (χ1) is 14.3. The van der Waals surface area contributed by atoms with E-state index in [-0.39, 0.29) is 6.61 Å². The van der Waals surface area contributed by atoms with Gasteiger partial charge >= 0.3 is 0 Å². The van der Waals surface area contributed by atoms with Gasteiger partial charge in [0.2, 0.25) is 0 Å². The van der Waals surface area contributed by atoms with Crippen molar-refractivity contribution in [3.05, 3.63) is 0 Å². The Morgan fingerprint density at radius 2 is 1.19 bits per heavy atom. The van der Waals surface area contributed by atoms with E-state index in [0.717, 1.165) is 19.3 Å². The van der Waals surface area contributed by atoms with Gasteiger partial charge in [0.15, 0.2) is 0 Å². The summed E-state index contributed by atoms with van der Waals surface area (Å²) >= 11 is 0. The van der Waals surface area contributed by atoms with Crippen LogP contribution in [-0.4, -0.2) is 45.3 Å². The SMILES string of the molecule is [2H]C([2H])(OP(=O)([O-])OCCCCCCCCCCCCCCCC)C([2H])([2H])[N+](C)(C)C. The van der Waals surface area contributed by atoms with E-state index in [2.05, 4.69) is 11.4 Å². The van der Waals surface area contributed by atoms with Crippen molar-refractivity contribution in [1.29, 1.82) is 0 Å². The molecule has 6 heteroatoms. The topological polar surface area (TPSA) is 58.6 Å². The maximum absolute atomic E-state index is 11.9. The highest BCUT2D eigenvalue weighted by Gasteiger charge is 2.12. The van der Waals surface area contributed by atoms with Crippen LogP contribution in [0.15, 0.2) is 0 Å². The van der Waals surface area contributed by atoms with Gasteiger partial charge in [-0.05, 0) is 6.42 Å². The molecule has 0 amide bonds. The normalized spacial score (nSPS) is 17.7. The van der Waals surface area contributed by atoms with E-state index >= 15 is 0 Å². The lowest BCUT2D eigenvalue weighted by atomic mass is 10.0. The molecule has 0 spiro atoms. The molecule has 5 nitrogen and oxygen atoms in total. The molecule has 0 N–H and O–H groups in total. The zero-order valence-corrected chi connectivity index (χ0v) is 19.0. The molecule has 0 bridgehead atoms. The summed E-state index contributed by atoms with van der Waals surface area (Å²) in [5.74, 6) is 0. The zero-order chi connectivity index (χ0) is 24.0. The van der Waals surface area contributed by atoms with Crippen LogP contribution in [0.5, 0.6) is 0 Å². The Hall–Kier alpha value is 0.0700. The Morgan fingerprint density at radius 1 is 0.778 bits per heavy atom. The summed E-state index contributed by atoms with van der Waals surface area (Å²) in [7, 11) is -0.672. The van der Waals surface area contributed by atoms with E-state index < -0.39 is 25.4 Å². The van der Waals surface area contributed by atoms with Crippen molar-refractivity contribution in [3.63, 3.8) is 0 Å². The number of quaternary nitrogens is 1. The maximum atomic E-state index is 11.9. The minimum absolute atomic E-state index is 0.0811. The maximum Gasteiger partial charge on any atom is 0.268 e. The molecule has 1 atom stereocenters. The number of unbranched alkanes of at least 4 members (excludes halogenated alkanes) is 13. The van der Waals surface area contributed by atoms with Gasteiger partial charge in [0.1, 0.15) is 13.1 Å². The quantitative estimate of drug-likeness (QED) is 0.147. The number of rotatable bonds is 20. The molecule has 0 aliphatic heterocycles. The average molecular weight is 412 g/mol. The van der Waals surface area contributed by atoms with Crippen LogP contribution in [0.4, 0.5) is 0 Å². The molecule has 0 radical (unpaired) electrons. The first-order valence-corrected chi connectivity index (χ1v) is 12.2. The summed E-state index contributed by atoms with van der Waals surface area (Å²) in [6.45, 7) is -3.47. The van der Waals surface area contributed by atoms with Gasteiger partial charge in [0.25, 0.3) is 7.82 Å². The third kappa shape index (κ3) is 22.2. The number of hydrogen-bond acceptors (Lipinski definition) is 4. The van der Waals surface area contributed by atoms with Crippen LogP contribution in [0.2, 0.25) is 0 Å². The Labute approximate surface area is 174 Å². The highest BCUT2D eigenvalue weighted by atomic mass is 31.2. The summed E-state index contributed by atoms with van der Waals surface area (Å²) in [5.41, 5.74) is 0. The summed E-state index contributed by atoms with van der Waals surface area (Å²) in [6, 6.07) is 0. The molecule has 0 saturated heterocycles. The number of nitrogens with zero attached hydrogens (tertiary/aromatic N) is 1. The van der Waals surface area contributed by atoms with Gasteiger partial charge in [0, 0.05) is 0 Å². The van der Waals surface area contributed by atoms with Crippen molar-refractivity contribution in [2.24, 2.45) is 0 Å². The first-order valence-electron chi connectivity index (χ1n) is 12.7. The molecule has 164 valence electrons. The van der Waals surface area contributed by atoms with Crippen LogP contribution in [0.25, 0.3) is 0 Å². The lowest BCUT2D eigenvalue weighted by Gasteiger charge is -2.27. The molecule has 0 saturated carbocycles. The molecule has 0 fully saturated rings. The van der Waals surface area contributed by atoms with Gasteiger partial charge in [-0.25, -0.2) is 0 Å². The number of phosphoric ester groups is 1. The third-order valence-electron chi connectivity index (χ3n) is 4.29. The van der Waals surface area contributed by atoms with Crippen LogP contribution in [-0.2, 0) is 13.6 Å². The van der Waals surface area contributed by atoms with Crippen LogP contribution >= 0.6 is 7.82 Å². The predicted octanol–water partition coefficient (Wildman–Crippen LogP) is 5.68. The fourth-order valence-corrected chi connectivity index (χ4v) is 3.27. The smallest absolute Gasteiger partial charge is 0.268 e. The first kappa shape index (κ1) is 20.3. The van der Waals surface area contributed by atoms with E-state index in [0.29, 0.717) is 6.42 Å². The standard InChI is InChI=1S/C21H46NO4P/c1-5-6-7-8-9-10-11-12-13-14-15-16-17-18-20-25-27(23,24)26-21-19-22(2,3)4/h5-21H2,1-4H3/i19D2,21D2. The fourth-order valence-electron chi connectivity index (χ4n) is 2.71. The largest absolute Gasteiger partial charge is 0.756 e. The predicted molar refractivity (Wildman–Crippen MR) is 113 cm³/mol. The molecule has 0 aromatic carbocycles. The molecular formula is C21H46NO4P. The molecule has 0 aliphatic carbocycles. The van der Waals surface area contributed by atoms with Crippen LogP contribution in [0.1, 0.15) is 102 Å². The second kappa shape index (κ2) is 17.0. The van der Waals surface area contributed by atoms with Gasteiger partial charge in [-0.3, -0.25) is 4.57 Å². The third-order valence-corrected chi connectivity index (χ3v) is 5.10. The van der Waals surface area contributed by atoms with Gasteiger partial charge in [-0.2, -0.15) is 0 Å². The van der Waals surface area contributed by atoms with E-state index in [1.807, 2.05) is 0 Å². The minimum atomic E-state index is -4.94. The van der Waals surface area contributed by atoms with E-state index in [9.17, 15) is 9.46 Å². The van der Waals surface area contributed by atoms with E-state index in [1.165, 1.54) is 85.4 Å². The lowest BCUT2D eigenvalue weighted by Crippen LogP contribution is -2.37. The number of likely N-dealkylation sites (N-methyl/N-ethyl adjacent to an activating group) is 1. The van der Waals surface area contributed by atoms with Gasteiger partial charge in [-0.1, -0.05) is 90.4 Å². The van der Waals surface area contributed by atoms with Gasteiger partial charge < -0.3 is 18.4 Å². The second-order valence-corrected chi connectivity index (χ2v) is 9.53. The van der Waals surface area contributed by atoms with Crippen molar-refractivity contribution in [1.82, 2.24) is 0 Å². The molecule has 0 aromatic rings. The number of hydrogen-bond donors (Lipinski definition) is 0. The van der Waals surface area contributed by atoms with Crippen LogP contribution < -0.4 is 4.89 Å². The Bertz CT molecular complexity index is 516. The molecular weight excluding hydrogens is 361 g/mol. The van der Waals surface area contributed by atoms with Gasteiger partial charge in [0.05, 0.1) is 33.2 Å². The average Bonchev–Trinajstić information content (AvgIpc) is 2.63. The molecule has 27 heavy (non-hydrogen) atoms.